The summed E-state index contributed by atoms with van der Waals surface area (Å²) in [5, 5.41) is 0. The van der Waals surface area contributed by atoms with Crippen LogP contribution in [0.3, 0.4) is 0 Å². The van der Waals surface area contributed by atoms with Crippen LogP contribution in [0.2, 0.25) is 0 Å². The van der Waals surface area contributed by atoms with E-state index in [1.54, 1.807) is 12.3 Å². The second kappa shape index (κ2) is 5.61. The molecular formula is C15H18N4O. The van der Waals surface area contributed by atoms with Crippen molar-refractivity contribution in [2.24, 2.45) is 5.73 Å². The third-order valence-electron chi connectivity index (χ3n) is 3.12. The molecular weight excluding hydrogens is 252 g/mol. The molecule has 1 heterocycles. The number of anilines is 2. The number of hydrogen-bond acceptors (Lipinski definition) is 4. The van der Waals surface area contributed by atoms with E-state index in [0.29, 0.717) is 23.6 Å². The lowest BCUT2D eigenvalue weighted by molar-refractivity contribution is 0.1000. The summed E-state index contributed by atoms with van der Waals surface area (Å²) in [5.74, 6) is 0.116. The smallest absolute Gasteiger partial charge is 0.252 e. The molecule has 20 heavy (non-hydrogen) atoms. The number of amides is 1. The molecule has 0 spiro atoms. The van der Waals surface area contributed by atoms with Crippen molar-refractivity contribution in [3.05, 3.63) is 53.2 Å². The highest BCUT2D eigenvalue weighted by Crippen LogP contribution is 2.21. The predicted molar refractivity (Wildman–Crippen MR) is 80.5 cm³/mol. The minimum Gasteiger partial charge on any atom is -0.399 e. The Labute approximate surface area is 118 Å². The Hall–Kier alpha value is -2.56. The number of rotatable bonds is 4. The summed E-state index contributed by atoms with van der Waals surface area (Å²) < 4.78 is 0. The van der Waals surface area contributed by atoms with Gasteiger partial charge in [0.1, 0.15) is 5.82 Å². The molecule has 2 aromatic rings. The number of nitrogen functional groups attached to an aromatic ring is 1. The van der Waals surface area contributed by atoms with E-state index in [0.717, 1.165) is 11.1 Å². The maximum atomic E-state index is 11.6. The fraction of sp³-hybridized carbons (Fsp3) is 0.200. The molecule has 0 bridgehead atoms. The Kier molecular flexibility index (Phi) is 3.89. The van der Waals surface area contributed by atoms with E-state index in [1.165, 1.54) is 0 Å². The van der Waals surface area contributed by atoms with Crippen molar-refractivity contribution in [2.75, 3.05) is 17.7 Å². The summed E-state index contributed by atoms with van der Waals surface area (Å²) in [6, 6.07) is 9.39. The summed E-state index contributed by atoms with van der Waals surface area (Å²) in [7, 11) is 1.87. The number of hydrogen-bond donors (Lipinski definition) is 2. The minimum absolute atomic E-state index is 0.457. The third kappa shape index (κ3) is 2.88. The van der Waals surface area contributed by atoms with E-state index in [4.69, 9.17) is 11.5 Å². The van der Waals surface area contributed by atoms with Crippen molar-refractivity contribution in [3.63, 3.8) is 0 Å². The highest BCUT2D eigenvalue weighted by Gasteiger charge is 2.16. The summed E-state index contributed by atoms with van der Waals surface area (Å²) in [6.07, 6.45) is 1.67. The number of aromatic nitrogens is 1. The lowest BCUT2D eigenvalue weighted by atomic mass is 10.1. The number of carbonyl (C=O) groups is 1. The largest absolute Gasteiger partial charge is 0.399 e. The van der Waals surface area contributed by atoms with Crippen LogP contribution in [-0.2, 0) is 6.54 Å². The van der Waals surface area contributed by atoms with E-state index in [9.17, 15) is 4.79 Å². The van der Waals surface area contributed by atoms with Gasteiger partial charge in [-0.25, -0.2) is 4.98 Å². The summed E-state index contributed by atoms with van der Waals surface area (Å²) in [4.78, 5) is 17.8. The number of primary amides is 1. The van der Waals surface area contributed by atoms with Gasteiger partial charge in [-0.15, -0.1) is 0 Å². The van der Waals surface area contributed by atoms with Crippen molar-refractivity contribution in [1.82, 2.24) is 4.98 Å². The van der Waals surface area contributed by atoms with Crippen molar-refractivity contribution in [1.29, 1.82) is 0 Å². The van der Waals surface area contributed by atoms with Gasteiger partial charge in [-0.2, -0.15) is 0 Å². The topological polar surface area (TPSA) is 85.2 Å². The molecule has 1 amide bonds. The van der Waals surface area contributed by atoms with Crippen molar-refractivity contribution in [2.45, 2.75) is 13.5 Å². The molecule has 0 unspecified atom stereocenters. The quantitative estimate of drug-likeness (QED) is 0.828. The highest BCUT2D eigenvalue weighted by atomic mass is 16.1. The van der Waals surface area contributed by atoms with E-state index < -0.39 is 5.91 Å². The number of nitrogens with zero attached hydrogens (tertiary/aromatic N) is 2. The molecule has 0 saturated heterocycles. The van der Waals surface area contributed by atoms with Crippen LogP contribution >= 0.6 is 0 Å². The van der Waals surface area contributed by atoms with Gasteiger partial charge >= 0.3 is 0 Å². The molecule has 2 rings (SSSR count). The zero-order valence-electron chi connectivity index (χ0n) is 11.6. The number of pyridine rings is 1. The molecule has 4 N–H and O–H groups in total. The van der Waals surface area contributed by atoms with E-state index in [2.05, 4.69) is 4.98 Å². The Morgan fingerprint density at radius 3 is 2.75 bits per heavy atom. The molecule has 104 valence electrons. The zero-order chi connectivity index (χ0) is 14.7. The number of benzene rings is 1. The molecule has 1 aromatic carbocycles. The Balaban J connectivity index is 2.32. The van der Waals surface area contributed by atoms with Crippen LogP contribution in [0, 0.1) is 6.92 Å². The lowest BCUT2D eigenvalue weighted by Gasteiger charge is -2.21. The third-order valence-corrected chi connectivity index (χ3v) is 3.12. The number of aryl methyl sites for hydroxylation is 1. The van der Waals surface area contributed by atoms with Crippen molar-refractivity contribution < 1.29 is 4.79 Å². The van der Waals surface area contributed by atoms with Crippen molar-refractivity contribution in [3.8, 4) is 0 Å². The van der Waals surface area contributed by atoms with Gasteiger partial charge in [0.15, 0.2) is 0 Å². The van der Waals surface area contributed by atoms with Gasteiger partial charge in [-0.05, 0) is 36.2 Å². The van der Waals surface area contributed by atoms with Gasteiger partial charge in [0.2, 0.25) is 0 Å². The van der Waals surface area contributed by atoms with Crippen LogP contribution in [0.4, 0.5) is 11.5 Å². The van der Waals surface area contributed by atoms with Gasteiger partial charge in [0, 0.05) is 25.5 Å². The number of nitrogens with two attached hydrogens (primary N) is 2. The first kappa shape index (κ1) is 13.9. The zero-order valence-corrected chi connectivity index (χ0v) is 11.6. The van der Waals surface area contributed by atoms with Crippen LogP contribution in [0.15, 0.2) is 36.5 Å². The maximum Gasteiger partial charge on any atom is 0.252 e. The van der Waals surface area contributed by atoms with Crippen LogP contribution < -0.4 is 16.4 Å². The van der Waals surface area contributed by atoms with Gasteiger partial charge < -0.3 is 16.4 Å². The lowest BCUT2D eigenvalue weighted by Crippen LogP contribution is -2.24. The van der Waals surface area contributed by atoms with Gasteiger partial charge in [0.25, 0.3) is 5.91 Å². The summed E-state index contributed by atoms with van der Waals surface area (Å²) in [6.45, 7) is 2.45. The fourth-order valence-electron chi connectivity index (χ4n) is 2.18. The van der Waals surface area contributed by atoms with E-state index >= 15 is 0 Å². The van der Waals surface area contributed by atoms with Gasteiger partial charge in [-0.3, -0.25) is 4.79 Å². The standard InChI is InChI=1S/C15H18N4O/c1-10-6-7-18-15(13(10)14(17)20)19(2)9-11-4-3-5-12(16)8-11/h3-8H,9,16H2,1-2H3,(H2,17,20). The van der Waals surface area contributed by atoms with Gasteiger partial charge in [-0.1, -0.05) is 12.1 Å². The molecule has 0 aliphatic rings. The Morgan fingerprint density at radius 2 is 2.10 bits per heavy atom. The first-order valence-corrected chi connectivity index (χ1v) is 6.30. The summed E-state index contributed by atoms with van der Waals surface area (Å²) >= 11 is 0. The molecule has 0 saturated carbocycles. The molecule has 0 atom stereocenters. The van der Waals surface area contributed by atoms with E-state index in [-0.39, 0.29) is 0 Å². The monoisotopic (exact) mass is 270 g/mol. The van der Waals surface area contributed by atoms with Crippen LogP contribution in [0.25, 0.3) is 0 Å². The Bertz CT molecular complexity index is 640. The van der Waals surface area contributed by atoms with Crippen molar-refractivity contribution >= 4 is 17.4 Å². The Morgan fingerprint density at radius 1 is 1.35 bits per heavy atom. The summed E-state index contributed by atoms with van der Waals surface area (Å²) in [5.41, 5.74) is 14.2. The molecule has 0 aliphatic carbocycles. The predicted octanol–water partition coefficient (Wildman–Crippen LogP) is 1.71. The van der Waals surface area contributed by atoms with E-state index in [1.807, 2.05) is 43.1 Å². The van der Waals surface area contributed by atoms with Crippen LogP contribution in [0.1, 0.15) is 21.5 Å². The average Bonchev–Trinajstić information content (AvgIpc) is 2.37. The van der Waals surface area contributed by atoms with Crippen LogP contribution in [0.5, 0.6) is 0 Å². The molecule has 0 fully saturated rings. The molecule has 1 aromatic heterocycles. The van der Waals surface area contributed by atoms with Gasteiger partial charge in [0.05, 0.1) is 5.56 Å². The van der Waals surface area contributed by atoms with Crippen LogP contribution in [-0.4, -0.2) is 17.9 Å². The fourth-order valence-corrected chi connectivity index (χ4v) is 2.18. The average molecular weight is 270 g/mol. The number of carbonyl (C=O) groups excluding carboxylic acids is 1. The highest BCUT2D eigenvalue weighted by molar-refractivity contribution is 5.99. The second-order valence-corrected chi connectivity index (χ2v) is 4.79. The SMILES string of the molecule is Cc1ccnc(N(C)Cc2cccc(N)c2)c1C(N)=O. The molecule has 0 aliphatic heterocycles. The molecule has 0 radical (unpaired) electrons. The second-order valence-electron chi connectivity index (χ2n) is 4.79. The maximum absolute atomic E-state index is 11.6. The normalized spacial score (nSPS) is 10.3. The first-order chi connectivity index (χ1) is 9.49. The minimum atomic E-state index is -0.468. The molecule has 5 nitrogen and oxygen atoms in total. The first-order valence-electron chi connectivity index (χ1n) is 6.30. The molecule has 5 heteroatoms.